The van der Waals surface area contributed by atoms with Crippen molar-refractivity contribution in [3.05, 3.63) is 35.4 Å². The monoisotopic (exact) mass is 343 g/mol. The van der Waals surface area contributed by atoms with Crippen molar-refractivity contribution in [2.75, 3.05) is 39.2 Å². The van der Waals surface area contributed by atoms with Gasteiger partial charge in [-0.05, 0) is 30.2 Å². The molecule has 0 spiro atoms. The maximum Gasteiger partial charge on any atom is 0.349 e. The maximum atomic E-state index is 12.0. The highest BCUT2D eigenvalue weighted by Gasteiger charge is 2.15. The fraction of sp³-hybridized carbons (Fsp3) is 0.421. The number of carbonyl (C=O) groups is 2. The van der Waals surface area contributed by atoms with Gasteiger partial charge in [-0.3, -0.25) is 4.79 Å². The van der Waals surface area contributed by atoms with E-state index in [-0.39, 0.29) is 18.1 Å². The van der Waals surface area contributed by atoms with Gasteiger partial charge in [0.2, 0.25) is 0 Å². The van der Waals surface area contributed by atoms with Crippen molar-refractivity contribution in [2.45, 2.75) is 19.8 Å². The average Bonchev–Trinajstić information content (AvgIpc) is 2.62. The lowest BCUT2D eigenvalue weighted by molar-refractivity contribution is -0.148. The van der Waals surface area contributed by atoms with Crippen LogP contribution < -0.4 is 4.90 Å². The number of ether oxygens (including phenoxy) is 1. The second-order valence-corrected chi connectivity index (χ2v) is 5.90. The van der Waals surface area contributed by atoms with Gasteiger partial charge in [-0.25, -0.2) is 4.79 Å². The van der Waals surface area contributed by atoms with Crippen molar-refractivity contribution in [2.24, 2.45) is 0 Å². The van der Waals surface area contributed by atoms with Crippen molar-refractivity contribution >= 4 is 23.6 Å². The Morgan fingerprint density at radius 1 is 1.20 bits per heavy atom. The number of rotatable bonds is 8. The zero-order valence-corrected chi connectivity index (χ0v) is 15.3. The van der Waals surface area contributed by atoms with Gasteiger partial charge in [-0.1, -0.05) is 25.5 Å². The van der Waals surface area contributed by atoms with Gasteiger partial charge < -0.3 is 14.5 Å². The van der Waals surface area contributed by atoms with Crippen molar-refractivity contribution in [1.82, 2.24) is 4.90 Å². The predicted octanol–water partition coefficient (Wildman–Crippen LogP) is 2.46. The lowest BCUT2D eigenvalue weighted by Gasteiger charge is -2.16. The molecule has 0 saturated heterocycles. The molecule has 1 amide bonds. The molecule has 0 saturated carbocycles. The normalized spacial score (nSPS) is 10.8. The van der Waals surface area contributed by atoms with E-state index >= 15 is 0 Å². The van der Waals surface area contributed by atoms with E-state index in [1.54, 1.807) is 7.05 Å². The highest BCUT2D eigenvalue weighted by Crippen LogP contribution is 2.15. The average molecular weight is 343 g/mol. The molecular weight excluding hydrogens is 318 g/mol. The van der Waals surface area contributed by atoms with Gasteiger partial charge in [0.1, 0.15) is 11.6 Å². The first kappa shape index (κ1) is 20.2. The Bertz CT molecular complexity index is 657. The Labute approximate surface area is 149 Å². The van der Waals surface area contributed by atoms with E-state index in [0.717, 1.165) is 18.5 Å². The topological polar surface area (TPSA) is 73.6 Å². The molecule has 25 heavy (non-hydrogen) atoms. The molecule has 0 N–H and O–H groups in total. The van der Waals surface area contributed by atoms with Crippen LogP contribution in [0.4, 0.5) is 5.69 Å². The van der Waals surface area contributed by atoms with E-state index in [4.69, 9.17) is 10.00 Å². The van der Waals surface area contributed by atoms with Crippen molar-refractivity contribution in [3.63, 3.8) is 0 Å². The second-order valence-electron chi connectivity index (χ2n) is 5.90. The quantitative estimate of drug-likeness (QED) is 0.412. The van der Waals surface area contributed by atoms with Crippen LogP contribution in [0.25, 0.3) is 6.08 Å². The predicted molar refractivity (Wildman–Crippen MR) is 97.9 cm³/mol. The number of nitrogens with zero attached hydrogens (tertiary/aromatic N) is 3. The van der Waals surface area contributed by atoms with Crippen LogP contribution in [0.5, 0.6) is 0 Å². The van der Waals surface area contributed by atoms with Crippen LogP contribution >= 0.6 is 0 Å². The molecule has 1 aromatic rings. The lowest BCUT2D eigenvalue weighted by Crippen LogP contribution is -2.32. The minimum absolute atomic E-state index is 0.137. The summed E-state index contributed by atoms with van der Waals surface area (Å²) < 4.78 is 4.96. The van der Waals surface area contributed by atoms with E-state index in [1.807, 2.05) is 56.3 Å². The first-order valence-electron chi connectivity index (χ1n) is 8.19. The molecule has 0 aliphatic rings. The molecule has 0 radical (unpaired) electrons. The van der Waals surface area contributed by atoms with E-state index in [1.165, 1.54) is 11.0 Å². The van der Waals surface area contributed by atoms with Crippen molar-refractivity contribution in [3.8, 4) is 6.07 Å². The molecular formula is C19H25N3O3. The Hall–Kier alpha value is -2.81. The molecule has 6 nitrogen and oxygen atoms in total. The van der Waals surface area contributed by atoms with Crippen molar-refractivity contribution in [1.29, 1.82) is 5.26 Å². The first-order chi connectivity index (χ1) is 11.9. The van der Waals surface area contributed by atoms with Gasteiger partial charge in [0.25, 0.3) is 5.91 Å². The largest absolute Gasteiger partial charge is 0.451 e. The van der Waals surface area contributed by atoms with Gasteiger partial charge in [0, 0.05) is 33.4 Å². The summed E-state index contributed by atoms with van der Waals surface area (Å²) in [7, 11) is 5.52. The molecule has 134 valence electrons. The Balaban J connectivity index is 2.68. The summed E-state index contributed by atoms with van der Waals surface area (Å²) in [6.45, 7) is 2.29. The highest BCUT2D eigenvalue weighted by molar-refractivity contribution is 5.98. The van der Waals surface area contributed by atoms with Gasteiger partial charge in [0.15, 0.2) is 6.61 Å². The number of unbranched alkanes of at least 4 members (excludes halogenated alkanes) is 1. The van der Waals surface area contributed by atoms with Crippen molar-refractivity contribution < 1.29 is 14.3 Å². The molecule has 1 rings (SSSR count). The van der Waals surface area contributed by atoms with Gasteiger partial charge >= 0.3 is 5.97 Å². The zero-order chi connectivity index (χ0) is 18.8. The minimum atomic E-state index is -0.795. The fourth-order valence-electron chi connectivity index (χ4n) is 2.01. The third kappa shape index (κ3) is 6.68. The summed E-state index contributed by atoms with van der Waals surface area (Å²) in [6.07, 6.45) is 3.32. The molecule has 0 bridgehead atoms. The fourth-order valence-corrected chi connectivity index (χ4v) is 2.01. The van der Waals surface area contributed by atoms with E-state index in [0.29, 0.717) is 12.1 Å². The van der Waals surface area contributed by atoms with E-state index in [2.05, 4.69) is 0 Å². The first-order valence-corrected chi connectivity index (χ1v) is 8.19. The summed E-state index contributed by atoms with van der Waals surface area (Å²) in [5.41, 5.74) is 1.59. The van der Waals surface area contributed by atoms with Gasteiger partial charge in [0.05, 0.1) is 0 Å². The lowest BCUT2D eigenvalue weighted by atomic mass is 10.1. The summed E-state index contributed by atoms with van der Waals surface area (Å²) in [6, 6.07) is 9.22. The Kier molecular flexibility index (Phi) is 8.21. The van der Waals surface area contributed by atoms with Crippen LogP contribution in [0.2, 0.25) is 0 Å². The van der Waals surface area contributed by atoms with E-state index < -0.39 is 5.97 Å². The van der Waals surface area contributed by atoms with Crippen LogP contribution in [-0.4, -0.2) is 51.1 Å². The number of hydrogen-bond donors (Lipinski definition) is 0. The van der Waals surface area contributed by atoms with E-state index in [9.17, 15) is 9.59 Å². The highest BCUT2D eigenvalue weighted by atomic mass is 16.5. The zero-order valence-electron chi connectivity index (χ0n) is 15.3. The minimum Gasteiger partial charge on any atom is -0.451 e. The number of benzene rings is 1. The number of amides is 1. The number of nitriles is 1. The summed E-state index contributed by atoms with van der Waals surface area (Å²) in [5.74, 6) is -1.08. The molecule has 0 aromatic heterocycles. The molecule has 0 heterocycles. The standard InChI is InChI=1S/C19H25N3O3/c1-5-6-11-22(4)18(23)14-25-19(24)16(13-20)12-15-7-9-17(10-8-15)21(2)3/h7-10,12H,5-6,11,14H2,1-4H3/b16-12+. The second kappa shape index (κ2) is 10.1. The summed E-state index contributed by atoms with van der Waals surface area (Å²) >= 11 is 0. The van der Waals surface area contributed by atoms with Crippen LogP contribution in [0, 0.1) is 11.3 Å². The molecule has 0 fully saturated rings. The number of anilines is 1. The molecule has 0 aliphatic carbocycles. The Morgan fingerprint density at radius 3 is 2.36 bits per heavy atom. The smallest absolute Gasteiger partial charge is 0.349 e. The molecule has 0 unspecified atom stereocenters. The third-order valence-corrected chi connectivity index (χ3v) is 3.66. The van der Waals surface area contributed by atoms with Crippen LogP contribution in [0.15, 0.2) is 29.8 Å². The SMILES string of the molecule is CCCCN(C)C(=O)COC(=O)/C(C#N)=C/c1ccc(N(C)C)cc1. The molecule has 0 aliphatic heterocycles. The van der Waals surface area contributed by atoms with Crippen LogP contribution in [0.3, 0.4) is 0 Å². The third-order valence-electron chi connectivity index (χ3n) is 3.66. The maximum absolute atomic E-state index is 12.0. The van der Waals surface area contributed by atoms with Crippen LogP contribution in [0.1, 0.15) is 25.3 Å². The number of esters is 1. The Morgan fingerprint density at radius 2 is 1.84 bits per heavy atom. The van der Waals surface area contributed by atoms with Crippen LogP contribution in [-0.2, 0) is 14.3 Å². The van der Waals surface area contributed by atoms with Gasteiger partial charge in [-0.2, -0.15) is 5.26 Å². The summed E-state index contributed by atoms with van der Waals surface area (Å²) in [4.78, 5) is 27.3. The molecule has 0 atom stereocenters. The molecule has 6 heteroatoms. The number of likely N-dealkylation sites (N-methyl/N-ethyl adjacent to an activating group) is 1. The number of carbonyl (C=O) groups excluding carboxylic acids is 2. The number of hydrogen-bond acceptors (Lipinski definition) is 5. The summed E-state index contributed by atoms with van der Waals surface area (Å²) in [5, 5.41) is 9.17. The molecule has 1 aromatic carbocycles. The van der Waals surface area contributed by atoms with Gasteiger partial charge in [-0.15, -0.1) is 0 Å².